The van der Waals surface area contributed by atoms with Gasteiger partial charge in [-0.25, -0.2) is 9.18 Å². The van der Waals surface area contributed by atoms with Gasteiger partial charge in [0.15, 0.2) is 6.67 Å². The molecule has 0 aromatic heterocycles. The first-order valence-corrected chi connectivity index (χ1v) is 12.0. The molecule has 212 valence electrons. The topological polar surface area (TPSA) is 186 Å². The number of aliphatic hydroxyl groups excluding tert-OH is 3. The van der Waals surface area contributed by atoms with E-state index in [-0.39, 0.29) is 6.61 Å². The molecule has 7 N–H and O–H groups in total. The molecule has 2 aromatic carbocycles. The average molecular weight is 549 g/mol. The Bertz CT molecular complexity index is 1100. The summed E-state index contributed by atoms with van der Waals surface area (Å²) in [5, 5.41) is 55.4. The first-order chi connectivity index (χ1) is 18.5. The number of amides is 2. The van der Waals surface area contributed by atoms with E-state index in [4.69, 9.17) is 4.74 Å². The van der Waals surface area contributed by atoms with Crippen molar-refractivity contribution in [3.05, 3.63) is 72.8 Å². The molecular formula is C27H33FN2O9. The number of hydrogen-bond acceptors (Lipinski definition) is 8. The van der Waals surface area contributed by atoms with Gasteiger partial charge >= 0.3 is 5.97 Å². The quantitative estimate of drug-likeness (QED) is 0.115. The number of carboxylic acid groups (broad SMARTS) is 1. The fourth-order valence-corrected chi connectivity index (χ4v) is 3.69. The van der Waals surface area contributed by atoms with Crippen LogP contribution in [0.4, 0.5) is 4.39 Å². The van der Waals surface area contributed by atoms with Crippen molar-refractivity contribution in [1.82, 2.24) is 10.6 Å². The second-order valence-corrected chi connectivity index (χ2v) is 8.79. The fourth-order valence-electron chi connectivity index (χ4n) is 3.69. The molecule has 0 fully saturated rings. The van der Waals surface area contributed by atoms with Gasteiger partial charge < -0.3 is 40.9 Å². The van der Waals surface area contributed by atoms with E-state index in [0.29, 0.717) is 5.56 Å². The van der Waals surface area contributed by atoms with Gasteiger partial charge in [0, 0.05) is 18.5 Å². The van der Waals surface area contributed by atoms with Gasteiger partial charge in [0.25, 0.3) is 17.6 Å². The minimum absolute atomic E-state index is 0.298. The SMILES string of the molecule is C=CCOC(O)(CC(O)C(C[C@@H](O)[C@H](O)CNC(=O)c1ccc(-c2ccccc2)cc1)NC(=O)CF)C(=O)O. The predicted molar refractivity (Wildman–Crippen MR) is 138 cm³/mol. The van der Waals surface area contributed by atoms with Gasteiger partial charge in [-0.05, 0) is 29.7 Å². The first kappa shape index (κ1) is 31.5. The Morgan fingerprint density at radius 1 is 0.974 bits per heavy atom. The lowest BCUT2D eigenvalue weighted by atomic mass is 9.95. The van der Waals surface area contributed by atoms with Gasteiger partial charge in [0.1, 0.15) is 0 Å². The number of ether oxygens (including phenoxy) is 1. The lowest BCUT2D eigenvalue weighted by Crippen LogP contribution is -2.53. The third-order valence-corrected chi connectivity index (χ3v) is 5.86. The maximum absolute atomic E-state index is 12.8. The summed E-state index contributed by atoms with van der Waals surface area (Å²) in [5.74, 6) is -6.42. The van der Waals surface area contributed by atoms with Crippen LogP contribution in [0.1, 0.15) is 23.2 Å². The van der Waals surface area contributed by atoms with E-state index in [2.05, 4.69) is 17.2 Å². The molecule has 0 saturated heterocycles. The van der Waals surface area contributed by atoms with Crippen LogP contribution in [0.2, 0.25) is 0 Å². The average Bonchev–Trinajstić information content (AvgIpc) is 2.94. The molecule has 0 bridgehead atoms. The Labute approximate surface area is 224 Å². The number of benzene rings is 2. The normalized spacial score (nSPS) is 15.7. The van der Waals surface area contributed by atoms with Crippen molar-refractivity contribution in [1.29, 1.82) is 0 Å². The van der Waals surface area contributed by atoms with Crippen molar-refractivity contribution in [2.75, 3.05) is 19.8 Å². The van der Waals surface area contributed by atoms with E-state index in [9.17, 15) is 44.3 Å². The minimum Gasteiger partial charge on any atom is -0.477 e. The van der Waals surface area contributed by atoms with Crippen LogP contribution in [0, 0.1) is 0 Å². The van der Waals surface area contributed by atoms with Crippen molar-refractivity contribution in [3.8, 4) is 11.1 Å². The zero-order valence-electron chi connectivity index (χ0n) is 21.1. The minimum atomic E-state index is -2.88. The van der Waals surface area contributed by atoms with Gasteiger partial charge in [-0.15, -0.1) is 6.58 Å². The van der Waals surface area contributed by atoms with Crippen molar-refractivity contribution in [2.24, 2.45) is 0 Å². The van der Waals surface area contributed by atoms with Crippen molar-refractivity contribution >= 4 is 17.8 Å². The second-order valence-electron chi connectivity index (χ2n) is 8.79. The van der Waals surface area contributed by atoms with Crippen molar-refractivity contribution in [3.63, 3.8) is 0 Å². The van der Waals surface area contributed by atoms with Gasteiger partial charge in [0.05, 0.1) is 31.0 Å². The first-order valence-electron chi connectivity index (χ1n) is 12.0. The van der Waals surface area contributed by atoms with Crippen LogP contribution in [-0.4, -0.2) is 93.3 Å². The molecule has 12 heteroatoms. The largest absolute Gasteiger partial charge is 0.477 e. The van der Waals surface area contributed by atoms with E-state index in [1.807, 2.05) is 30.3 Å². The third-order valence-electron chi connectivity index (χ3n) is 5.86. The molecule has 0 aliphatic heterocycles. The van der Waals surface area contributed by atoms with E-state index in [0.717, 1.165) is 17.2 Å². The summed E-state index contributed by atoms with van der Waals surface area (Å²) >= 11 is 0. The van der Waals surface area contributed by atoms with Crippen LogP contribution < -0.4 is 10.6 Å². The van der Waals surface area contributed by atoms with Crippen LogP contribution >= 0.6 is 0 Å². The summed E-state index contributed by atoms with van der Waals surface area (Å²) < 4.78 is 17.6. The molecule has 0 aliphatic carbocycles. The number of aliphatic carboxylic acids is 1. The molecule has 0 saturated carbocycles. The summed E-state index contributed by atoms with van der Waals surface area (Å²) in [5.41, 5.74) is 2.16. The highest BCUT2D eigenvalue weighted by Crippen LogP contribution is 2.21. The van der Waals surface area contributed by atoms with Gasteiger partial charge in [-0.1, -0.05) is 48.5 Å². The molecule has 0 spiro atoms. The van der Waals surface area contributed by atoms with Crippen molar-refractivity contribution < 1.29 is 49.0 Å². The van der Waals surface area contributed by atoms with E-state index in [1.165, 1.54) is 0 Å². The summed E-state index contributed by atoms with van der Waals surface area (Å²) in [6, 6.07) is 14.7. The van der Waals surface area contributed by atoms with Crippen LogP contribution in [0.25, 0.3) is 11.1 Å². The Morgan fingerprint density at radius 2 is 1.59 bits per heavy atom. The van der Waals surface area contributed by atoms with Crippen LogP contribution in [-0.2, 0) is 14.3 Å². The number of halogens is 1. The van der Waals surface area contributed by atoms with Crippen LogP contribution in [0.3, 0.4) is 0 Å². The van der Waals surface area contributed by atoms with Gasteiger partial charge in [-0.3, -0.25) is 9.59 Å². The highest BCUT2D eigenvalue weighted by Gasteiger charge is 2.42. The summed E-state index contributed by atoms with van der Waals surface area (Å²) in [6.07, 6.45) is -5.46. The number of alkyl halides is 1. The molecule has 5 atom stereocenters. The Kier molecular flexibility index (Phi) is 12.2. The van der Waals surface area contributed by atoms with E-state index >= 15 is 0 Å². The monoisotopic (exact) mass is 548 g/mol. The molecule has 0 aliphatic rings. The maximum Gasteiger partial charge on any atom is 0.364 e. The van der Waals surface area contributed by atoms with Gasteiger partial charge in [-0.2, -0.15) is 0 Å². The molecule has 2 aromatic rings. The number of hydrogen-bond donors (Lipinski definition) is 7. The zero-order chi connectivity index (χ0) is 29.0. The molecule has 2 rings (SSSR count). The number of aliphatic hydroxyl groups is 4. The molecule has 2 amide bonds. The molecule has 11 nitrogen and oxygen atoms in total. The molecular weight excluding hydrogens is 515 g/mol. The summed E-state index contributed by atoms with van der Waals surface area (Å²) in [7, 11) is 0. The fraction of sp³-hybridized carbons (Fsp3) is 0.370. The van der Waals surface area contributed by atoms with Crippen LogP contribution in [0.15, 0.2) is 67.3 Å². The molecule has 3 unspecified atom stereocenters. The highest BCUT2D eigenvalue weighted by molar-refractivity contribution is 5.94. The van der Waals surface area contributed by atoms with Gasteiger partial charge in [0.2, 0.25) is 0 Å². The third kappa shape index (κ3) is 9.53. The number of rotatable bonds is 16. The molecule has 0 radical (unpaired) electrons. The molecule has 0 heterocycles. The Hall–Kier alpha value is -3.68. The number of carboxylic acids is 1. The smallest absolute Gasteiger partial charge is 0.364 e. The highest BCUT2D eigenvalue weighted by atomic mass is 19.1. The number of carbonyl (C=O) groups excluding carboxylic acids is 2. The van der Waals surface area contributed by atoms with E-state index in [1.54, 1.807) is 24.3 Å². The number of carbonyl (C=O) groups is 3. The van der Waals surface area contributed by atoms with Crippen molar-refractivity contribution in [2.45, 2.75) is 43.0 Å². The second kappa shape index (κ2) is 15.0. The van der Waals surface area contributed by atoms with Crippen LogP contribution in [0.5, 0.6) is 0 Å². The summed E-state index contributed by atoms with van der Waals surface area (Å²) in [4.78, 5) is 35.6. The maximum atomic E-state index is 12.8. The zero-order valence-corrected chi connectivity index (χ0v) is 21.1. The number of nitrogens with one attached hydrogen (secondary N) is 2. The standard InChI is InChI=1S/C27H33FN2O9/c1-2-12-39-27(38,26(36)37)14-22(32)20(30-24(34)15-28)13-21(31)23(33)16-29-25(35)19-10-8-18(9-11-19)17-6-4-3-5-7-17/h2-11,20-23,31-33,38H,1,12-16H2,(H,29,35)(H,30,34)(H,36,37)/t20?,21-,22?,23-,27?/m1/s1. The lowest BCUT2D eigenvalue weighted by Gasteiger charge is -2.32. The predicted octanol–water partition coefficient (Wildman–Crippen LogP) is 0.376. The molecule has 39 heavy (non-hydrogen) atoms. The Balaban J connectivity index is 2.00. The van der Waals surface area contributed by atoms with E-state index < -0.39 is 74.0 Å². The Morgan fingerprint density at radius 3 is 2.15 bits per heavy atom. The summed E-state index contributed by atoms with van der Waals surface area (Å²) in [6.45, 7) is 1.06. The lowest BCUT2D eigenvalue weighted by molar-refractivity contribution is -0.230.